The van der Waals surface area contributed by atoms with Crippen LogP contribution in [0.4, 0.5) is 0 Å². The Morgan fingerprint density at radius 1 is 1.28 bits per heavy atom. The number of rotatable bonds is 7. The van der Waals surface area contributed by atoms with Crippen molar-refractivity contribution in [1.82, 2.24) is 20.2 Å². The van der Waals surface area contributed by atoms with Crippen molar-refractivity contribution in [2.75, 3.05) is 7.05 Å². The molecule has 0 aliphatic rings. The van der Waals surface area contributed by atoms with Gasteiger partial charge in [-0.1, -0.05) is 13.8 Å². The lowest BCUT2D eigenvalue weighted by Crippen LogP contribution is -2.32. The van der Waals surface area contributed by atoms with Gasteiger partial charge in [0.1, 0.15) is 9.77 Å². The number of nitrogens with one attached hydrogen (secondary N) is 3. The van der Waals surface area contributed by atoms with Crippen LogP contribution in [0.25, 0.3) is 0 Å². The summed E-state index contributed by atoms with van der Waals surface area (Å²) in [6, 6.07) is 3.11. The smallest absolute Gasteiger partial charge is 0.277 e. The molecular weight excluding hydrogens is 364 g/mol. The van der Waals surface area contributed by atoms with Crippen molar-refractivity contribution in [3.05, 3.63) is 44.2 Å². The van der Waals surface area contributed by atoms with Crippen molar-refractivity contribution in [2.24, 2.45) is 0 Å². The van der Waals surface area contributed by atoms with Gasteiger partial charge >= 0.3 is 0 Å². The summed E-state index contributed by atoms with van der Waals surface area (Å²) in [5.74, 6) is -0.498. The van der Waals surface area contributed by atoms with Crippen LogP contribution in [0.2, 0.25) is 0 Å². The summed E-state index contributed by atoms with van der Waals surface area (Å²) in [6.45, 7) is 3.90. The molecule has 1 amide bonds. The van der Waals surface area contributed by atoms with Gasteiger partial charge in [-0.2, -0.15) is 5.10 Å². The Bertz CT molecular complexity index is 931. The highest BCUT2D eigenvalue weighted by atomic mass is 32.2. The molecule has 25 heavy (non-hydrogen) atoms. The fraction of sp³-hybridized carbons (Fsp3) is 0.400. The molecule has 136 valence electrons. The monoisotopic (exact) mass is 384 g/mol. The number of sulfonamides is 1. The molecule has 0 radical (unpaired) electrons. The summed E-state index contributed by atoms with van der Waals surface area (Å²) >= 11 is 1.06. The van der Waals surface area contributed by atoms with Crippen LogP contribution in [0.5, 0.6) is 0 Å². The number of carbonyl (C=O) groups excluding carboxylic acids is 1. The average Bonchev–Trinajstić information content (AvgIpc) is 3.09. The molecule has 2 heterocycles. The van der Waals surface area contributed by atoms with Crippen LogP contribution in [-0.2, 0) is 29.4 Å². The van der Waals surface area contributed by atoms with Crippen molar-refractivity contribution in [1.29, 1.82) is 0 Å². The van der Waals surface area contributed by atoms with Gasteiger partial charge in [0.2, 0.25) is 10.0 Å². The van der Waals surface area contributed by atoms with Crippen LogP contribution < -0.4 is 15.6 Å². The largest absolute Gasteiger partial charge is 0.347 e. The number of hydrogen-bond acceptors (Lipinski definition) is 6. The van der Waals surface area contributed by atoms with E-state index in [-0.39, 0.29) is 16.3 Å². The number of amides is 1. The molecule has 0 aromatic carbocycles. The van der Waals surface area contributed by atoms with E-state index >= 15 is 0 Å². The molecule has 0 saturated carbocycles. The summed E-state index contributed by atoms with van der Waals surface area (Å²) < 4.78 is 25.9. The molecule has 0 fully saturated rings. The number of carbonyl (C=O) groups is 1. The second-order valence-corrected chi connectivity index (χ2v) is 8.45. The first-order valence-corrected chi connectivity index (χ1v) is 10.0. The summed E-state index contributed by atoms with van der Waals surface area (Å²) in [6.07, 6.45) is 1.13. The van der Waals surface area contributed by atoms with Gasteiger partial charge < -0.3 is 5.32 Å². The zero-order chi connectivity index (χ0) is 18.6. The molecule has 10 heteroatoms. The first-order valence-electron chi connectivity index (χ1n) is 7.74. The van der Waals surface area contributed by atoms with Crippen molar-refractivity contribution < 1.29 is 13.2 Å². The molecule has 8 nitrogen and oxygen atoms in total. The van der Waals surface area contributed by atoms with E-state index in [2.05, 4.69) is 20.2 Å². The van der Waals surface area contributed by atoms with Gasteiger partial charge in [0.15, 0.2) is 0 Å². The van der Waals surface area contributed by atoms with Crippen molar-refractivity contribution in [3.63, 3.8) is 0 Å². The van der Waals surface area contributed by atoms with Crippen LogP contribution >= 0.6 is 11.3 Å². The zero-order valence-corrected chi connectivity index (χ0v) is 15.8. The summed E-state index contributed by atoms with van der Waals surface area (Å²) in [5.41, 5.74) is 0.851. The molecule has 0 aliphatic carbocycles. The minimum absolute atomic E-state index is 0.0639. The molecule has 2 aromatic heterocycles. The minimum Gasteiger partial charge on any atom is -0.347 e. The molecule has 0 unspecified atom stereocenters. The molecule has 0 bridgehead atoms. The molecule has 3 N–H and O–H groups in total. The minimum atomic E-state index is -3.50. The Hall–Kier alpha value is -2.04. The maximum Gasteiger partial charge on any atom is 0.277 e. The molecule has 0 spiro atoms. The molecule has 0 saturated heterocycles. The summed E-state index contributed by atoms with van der Waals surface area (Å²) in [4.78, 5) is 25.2. The quantitative estimate of drug-likeness (QED) is 0.652. The number of aryl methyl sites for hydroxylation is 1. The Balaban J connectivity index is 2.21. The number of nitrogens with zero attached hydrogens (tertiary/aromatic N) is 1. The second-order valence-electron chi connectivity index (χ2n) is 5.17. The second kappa shape index (κ2) is 7.89. The highest BCUT2D eigenvalue weighted by Gasteiger charge is 2.19. The van der Waals surface area contributed by atoms with Gasteiger partial charge in [0.05, 0.1) is 12.2 Å². The van der Waals surface area contributed by atoms with E-state index in [0.717, 1.165) is 11.3 Å². The maximum absolute atomic E-state index is 12.5. The predicted molar refractivity (Wildman–Crippen MR) is 95.3 cm³/mol. The van der Waals surface area contributed by atoms with E-state index in [0.29, 0.717) is 29.0 Å². The van der Waals surface area contributed by atoms with Crippen LogP contribution in [-0.4, -0.2) is 31.6 Å². The third-order valence-corrected chi connectivity index (χ3v) is 6.67. The van der Waals surface area contributed by atoms with E-state index in [9.17, 15) is 18.0 Å². The van der Waals surface area contributed by atoms with Gasteiger partial charge in [-0.25, -0.2) is 18.2 Å². The standard InChI is InChI=1S/C15H20N4O4S2/c1-4-10-11(5-2)18-19-15(21)13(10)14(20)17-8-9-6-7-12(24-9)25(22,23)16-3/h6-7,16H,4-5,8H2,1-3H3,(H,17,20)(H,19,21). The first kappa shape index (κ1) is 19.3. The third-order valence-electron chi connectivity index (χ3n) is 3.68. The van der Waals surface area contributed by atoms with Crippen molar-refractivity contribution >= 4 is 27.3 Å². The molecule has 2 rings (SSSR count). The van der Waals surface area contributed by atoms with Crippen LogP contribution in [0.3, 0.4) is 0 Å². The fourth-order valence-electron chi connectivity index (χ4n) is 2.39. The van der Waals surface area contributed by atoms with Crippen LogP contribution in [0.1, 0.15) is 40.3 Å². The Kier molecular flexibility index (Phi) is 6.09. The van der Waals surface area contributed by atoms with Crippen molar-refractivity contribution in [3.8, 4) is 0 Å². The van der Waals surface area contributed by atoms with Crippen LogP contribution in [0, 0.1) is 0 Å². The Morgan fingerprint density at radius 3 is 2.60 bits per heavy atom. The first-order chi connectivity index (χ1) is 11.8. The fourth-order valence-corrected chi connectivity index (χ4v) is 4.52. The molecule has 0 atom stereocenters. The lowest BCUT2D eigenvalue weighted by atomic mass is 10.0. The van der Waals surface area contributed by atoms with Gasteiger partial charge in [0, 0.05) is 4.88 Å². The van der Waals surface area contributed by atoms with Crippen LogP contribution in [0.15, 0.2) is 21.1 Å². The van der Waals surface area contributed by atoms with Gasteiger partial charge in [-0.05, 0) is 37.6 Å². The Morgan fingerprint density at radius 2 is 2.00 bits per heavy atom. The third kappa shape index (κ3) is 4.14. The van der Waals surface area contributed by atoms with E-state index in [1.807, 2.05) is 13.8 Å². The van der Waals surface area contributed by atoms with Crippen molar-refractivity contribution in [2.45, 2.75) is 37.4 Å². The summed E-state index contributed by atoms with van der Waals surface area (Å²) in [7, 11) is -2.16. The predicted octanol–water partition coefficient (Wildman–Crippen LogP) is 0.794. The molecule has 2 aromatic rings. The number of aromatic amines is 1. The zero-order valence-electron chi connectivity index (χ0n) is 14.2. The van der Waals surface area contributed by atoms with Gasteiger partial charge in [-0.3, -0.25) is 9.59 Å². The average molecular weight is 384 g/mol. The number of aromatic nitrogens is 2. The normalized spacial score (nSPS) is 11.5. The lowest BCUT2D eigenvalue weighted by Gasteiger charge is -2.10. The maximum atomic E-state index is 12.5. The highest BCUT2D eigenvalue weighted by molar-refractivity contribution is 7.91. The number of hydrogen-bond donors (Lipinski definition) is 3. The number of thiophene rings is 1. The van der Waals surface area contributed by atoms with Gasteiger partial charge in [0.25, 0.3) is 11.5 Å². The molecular formula is C15H20N4O4S2. The lowest BCUT2D eigenvalue weighted by molar-refractivity contribution is 0.0948. The highest BCUT2D eigenvalue weighted by Crippen LogP contribution is 2.21. The Labute approximate surface area is 149 Å². The van der Waals surface area contributed by atoms with E-state index in [4.69, 9.17) is 0 Å². The van der Waals surface area contributed by atoms with Gasteiger partial charge in [-0.15, -0.1) is 11.3 Å². The molecule has 0 aliphatic heterocycles. The van der Waals surface area contributed by atoms with E-state index in [1.165, 1.54) is 13.1 Å². The number of H-pyrrole nitrogens is 1. The SMILES string of the molecule is CCc1n[nH]c(=O)c(C(=O)NCc2ccc(S(=O)(=O)NC)s2)c1CC. The topological polar surface area (TPSA) is 121 Å². The summed E-state index contributed by atoms with van der Waals surface area (Å²) in [5, 5.41) is 9.01. The van der Waals surface area contributed by atoms with E-state index < -0.39 is 21.5 Å². The van der Waals surface area contributed by atoms with E-state index in [1.54, 1.807) is 6.07 Å².